The molecule has 19 heavy (non-hydrogen) atoms. The summed E-state index contributed by atoms with van der Waals surface area (Å²) in [5, 5.41) is 14.2. The number of likely N-dealkylation sites (tertiary alicyclic amines) is 1. The standard InChI is InChI=1S/C12H21N3O4/c1-4-12(2,10(17)18)7-13-11(19)14-8-5-6-15(3)9(8)16/h8H,4-7H2,1-3H3,(H,17,18)(H2,13,14,19). The highest BCUT2D eigenvalue weighted by atomic mass is 16.4. The van der Waals surface area contributed by atoms with E-state index in [1.807, 2.05) is 0 Å². The van der Waals surface area contributed by atoms with Crippen molar-refractivity contribution < 1.29 is 19.5 Å². The highest BCUT2D eigenvalue weighted by Gasteiger charge is 2.33. The summed E-state index contributed by atoms with van der Waals surface area (Å²) >= 11 is 0. The number of carbonyl (C=O) groups is 3. The number of carboxylic acids is 1. The van der Waals surface area contributed by atoms with Crippen molar-refractivity contribution in [2.45, 2.75) is 32.7 Å². The Morgan fingerprint density at radius 3 is 2.58 bits per heavy atom. The largest absolute Gasteiger partial charge is 0.481 e. The summed E-state index contributed by atoms with van der Waals surface area (Å²) in [7, 11) is 1.68. The van der Waals surface area contributed by atoms with Crippen molar-refractivity contribution in [2.75, 3.05) is 20.1 Å². The average Bonchev–Trinajstić information content (AvgIpc) is 2.67. The summed E-state index contributed by atoms with van der Waals surface area (Å²) in [5.41, 5.74) is -0.992. The fourth-order valence-corrected chi connectivity index (χ4v) is 1.79. The van der Waals surface area contributed by atoms with E-state index in [0.717, 1.165) is 0 Å². The molecule has 2 unspecified atom stereocenters. The molecule has 108 valence electrons. The van der Waals surface area contributed by atoms with Gasteiger partial charge in [0.1, 0.15) is 6.04 Å². The fourth-order valence-electron chi connectivity index (χ4n) is 1.79. The third-order valence-corrected chi connectivity index (χ3v) is 3.67. The van der Waals surface area contributed by atoms with Gasteiger partial charge in [-0.25, -0.2) is 4.79 Å². The number of urea groups is 1. The molecular weight excluding hydrogens is 250 g/mol. The number of hydrogen-bond donors (Lipinski definition) is 3. The molecule has 3 amide bonds. The van der Waals surface area contributed by atoms with Crippen LogP contribution in [0.5, 0.6) is 0 Å². The Balaban J connectivity index is 2.44. The maximum Gasteiger partial charge on any atom is 0.315 e. The monoisotopic (exact) mass is 271 g/mol. The van der Waals surface area contributed by atoms with Crippen molar-refractivity contribution in [1.82, 2.24) is 15.5 Å². The normalized spacial score (nSPS) is 21.9. The Morgan fingerprint density at radius 2 is 2.16 bits per heavy atom. The lowest BCUT2D eigenvalue weighted by Crippen LogP contribution is -2.49. The van der Waals surface area contributed by atoms with Gasteiger partial charge in [0.05, 0.1) is 5.41 Å². The van der Waals surface area contributed by atoms with Gasteiger partial charge in [0, 0.05) is 20.1 Å². The van der Waals surface area contributed by atoms with Gasteiger partial charge in [-0.1, -0.05) is 6.92 Å². The molecule has 1 fully saturated rings. The summed E-state index contributed by atoms with van der Waals surface area (Å²) in [6.07, 6.45) is 0.987. The first-order valence-electron chi connectivity index (χ1n) is 6.33. The summed E-state index contributed by atoms with van der Waals surface area (Å²) < 4.78 is 0. The van der Waals surface area contributed by atoms with Crippen molar-refractivity contribution >= 4 is 17.9 Å². The van der Waals surface area contributed by atoms with Crippen LogP contribution in [0.1, 0.15) is 26.7 Å². The number of carbonyl (C=O) groups excluding carboxylic acids is 2. The number of amides is 3. The third kappa shape index (κ3) is 3.59. The molecule has 0 radical (unpaired) electrons. The van der Waals surface area contributed by atoms with Gasteiger partial charge >= 0.3 is 12.0 Å². The second-order valence-corrected chi connectivity index (χ2v) is 5.15. The lowest BCUT2D eigenvalue weighted by Gasteiger charge is -2.23. The number of likely N-dealkylation sites (N-methyl/N-ethyl adjacent to an activating group) is 1. The van der Waals surface area contributed by atoms with E-state index in [9.17, 15) is 14.4 Å². The van der Waals surface area contributed by atoms with E-state index in [4.69, 9.17) is 5.11 Å². The van der Waals surface area contributed by atoms with Gasteiger partial charge < -0.3 is 20.6 Å². The second kappa shape index (κ2) is 5.90. The van der Waals surface area contributed by atoms with E-state index in [1.165, 1.54) is 0 Å². The van der Waals surface area contributed by atoms with Crippen LogP contribution in [-0.2, 0) is 9.59 Å². The number of rotatable bonds is 5. The number of nitrogens with one attached hydrogen (secondary N) is 2. The van der Waals surface area contributed by atoms with Crippen molar-refractivity contribution in [2.24, 2.45) is 5.41 Å². The first-order chi connectivity index (χ1) is 8.80. The Hall–Kier alpha value is -1.79. The van der Waals surface area contributed by atoms with E-state index < -0.39 is 23.5 Å². The number of carboxylic acid groups (broad SMARTS) is 1. The zero-order valence-corrected chi connectivity index (χ0v) is 11.5. The van der Waals surface area contributed by atoms with Gasteiger partial charge in [0.25, 0.3) is 0 Å². The van der Waals surface area contributed by atoms with Crippen LogP contribution in [0, 0.1) is 5.41 Å². The van der Waals surface area contributed by atoms with Crippen molar-refractivity contribution in [1.29, 1.82) is 0 Å². The van der Waals surface area contributed by atoms with Crippen LogP contribution < -0.4 is 10.6 Å². The molecule has 0 aliphatic carbocycles. The van der Waals surface area contributed by atoms with Crippen LogP contribution in [-0.4, -0.2) is 54.1 Å². The molecule has 1 aliphatic heterocycles. The van der Waals surface area contributed by atoms with Crippen LogP contribution in [0.25, 0.3) is 0 Å². The van der Waals surface area contributed by atoms with Gasteiger partial charge in [0.15, 0.2) is 0 Å². The van der Waals surface area contributed by atoms with Crippen molar-refractivity contribution in [3.63, 3.8) is 0 Å². The highest BCUT2D eigenvalue weighted by Crippen LogP contribution is 2.19. The van der Waals surface area contributed by atoms with E-state index >= 15 is 0 Å². The molecule has 0 saturated carbocycles. The zero-order valence-electron chi connectivity index (χ0n) is 11.5. The first kappa shape index (κ1) is 15.3. The predicted octanol–water partition coefficient (Wildman–Crippen LogP) is 0.0172. The maximum atomic E-state index is 11.7. The Morgan fingerprint density at radius 1 is 1.53 bits per heavy atom. The third-order valence-electron chi connectivity index (χ3n) is 3.67. The maximum absolute atomic E-state index is 11.7. The molecule has 1 aliphatic rings. The summed E-state index contributed by atoms with van der Waals surface area (Å²) in [4.78, 5) is 35.9. The van der Waals surface area contributed by atoms with Crippen LogP contribution in [0.15, 0.2) is 0 Å². The van der Waals surface area contributed by atoms with Gasteiger partial charge in [-0.3, -0.25) is 9.59 Å². The van der Waals surface area contributed by atoms with Gasteiger partial charge in [0.2, 0.25) is 5.91 Å². The van der Waals surface area contributed by atoms with Gasteiger partial charge in [-0.05, 0) is 19.8 Å². The summed E-state index contributed by atoms with van der Waals surface area (Å²) in [6, 6.07) is -1.02. The Bertz CT molecular complexity index is 385. The molecule has 3 N–H and O–H groups in total. The lowest BCUT2D eigenvalue weighted by molar-refractivity contribution is -0.147. The number of aliphatic carboxylic acids is 1. The van der Waals surface area contributed by atoms with E-state index in [1.54, 1.807) is 25.8 Å². The van der Waals surface area contributed by atoms with Crippen LogP contribution in [0.3, 0.4) is 0 Å². The quantitative estimate of drug-likeness (QED) is 0.656. The van der Waals surface area contributed by atoms with Crippen molar-refractivity contribution in [3.05, 3.63) is 0 Å². The molecule has 0 bridgehead atoms. The van der Waals surface area contributed by atoms with Crippen LogP contribution >= 0.6 is 0 Å². The van der Waals surface area contributed by atoms with Crippen LogP contribution in [0.4, 0.5) is 4.79 Å². The van der Waals surface area contributed by atoms with Crippen LogP contribution in [0.2, 0.25) is 0 Å². The van der Waals surface area contributed by atoms with E-state index in [0.29, 0.717) is 19.4 Å². The molecule has 0 aromatic rings. The van der Waals surface area contributed by atoms with Gasteiger partial charge in [-0.2, -0.15) is 0 Å². The molecule has 1 heterocycles. The average molecular weight is 271 g/mol. The minimum Gasteiger partial charge on any atom is -0.481 e. The number of nitrogens with zero attached hydrogens (tertiary/aromatic N) is 1. The topological polar surface area (TPSA) is 98.7 Å². The van der Waals surface area contributed by atoms with E-state index in [-0.39, 0.29) is 12.5 Å². The molecule has 1 saturated heterocycles. The molecule has 0 aromatic carbocycles. The minimum atomic E-state index is -0.992. The molecule has 7 heteroatoms. The minimum absolute atomic E-state index is 0.0292. The smallest absolute Gasteiger partial charge is 0.315 e. The molecular formula is C12H21N3O4. The predicted molar refractivity (Wildman–Crippen MR) is 68.6 cm³/mol. The fraction of sp³-hybridized carbons (Fsp3) is 0.750. The first-order valence-corrected chi connectivity index (χ1v) is 6.33. The SMILES string of the molecule is CCC(C)(CNC(=O)NC1CCN(C)C1=O)C(=O)O. The highest BCUT2D eigenvalue weighted by molar-refractivity contribution is 5.88. The summed E-state index contributed by atoms with van der Waals surface area (Å²) in [6.45, 7) is 3.97. The summed E-state index contributed by atoms with van der Waals surface area (Å²) in [5.74, 6) is -1.07. The molecule has 7 nitrogen and oxygen atoms in total. The lowest BCUT2D eigenvalue weighted by atomic mass is 9.88. The Kier molecular flexibility index (Phi) is 4.74. The molecule has 2 atom stereocenters. The Labute approximate surface area is 112 Å². The van der Waals surface area contributed by atoms with Crippen molar-refractivity contribution in [3.8, 4) is 0 Å². The van der Waals surface area contributed by atoms with E-state index in [2.05, 4.69) is 10.6 Å². The molecule has 0 spiro atoms. The zero-order chi connectivity index (χ0) is 14.6. The number of hydrogen-bond acceptors (Lipinski definition) is 3. The van der Waals surface area contributed by atoms with Gasteiger partial charge in [-0.15, -0.1) is 0 Å². The molecule has 0 aromatic heterocycles. The molecule has 1 rings (SSSR count). The second-order valence-electron chi connectivity index (χ2n) is 5.15.